The molecule has 1 aliphatic rings. The highest BCUT2D eigenvalue weighted by Crippen LogP contribution is 2.20. The van der Waals surface area contributed by atoms with Crippen LogP contribution in [0.2, 0.25) is 0 Å². The number of pyridine rings is 1. The Balaban J connectivity index is 2.56. The topological polar surface area (TPSA) is 65.8 Å². The summed E-state index contributed by atoms with van der Waals surface area (Å²) in [5.74, 6) is -1.15. The van der Waals surface area contributed by atoms with Crippen molar-refractivity contribution in [3.63, 3.8) is 0 Å². The molecule has 1 aliphatic heterocycles. The second kappa shape index (κ2) is 4.32. The Bertz CT molecular complexity index is 543. The summed E-state index contributed by atoms with van der Waals surface area (Å²) in [5, 5.41) is 11.3. The predicted molar refractivity (Wildman–Crippen MR) is 63.0 cm³/mol. The highest BCUT2D eigenvalue weighted by molar-refractivity contribution is 5.96. The van der Waals surface area contributed by atoms with E-state index in [-0.39, 0.29) is 12.4 Å². The number of nitrogens with zero attached hydrogens (tertiary/aromatic N) is 3. The van der Waals surface area contributed by atoms with Crippen LogP contribution < -0.4 is 10.4 Å². The van der Waals surface area contributed by atoms with Crippen molar-refractivity contribution in [2.45, 2.75) is 13.0 Å². The minimum absolute atomic E-state index is 0.128. The lowest BCUT2D eigenvalue weighted by atomic mass is 10.2. The summed E-state index contributed by atoms with van der Waals surface area (Å²) in [7, 11) is 1.68. The minimum atomic E-state index is -0.683. The highest BCUT2D eigenvalue weighted by Gasteiger charge is 2.33. The lowest BCUT2D eigenvalue weighted by Crippen LogP contribution is -2.55. The van der Waals surface area contributed by atoms with Crippen molar-refractivity contribution in [2.24, 2.45) is 0 Å². The fourth-order valence-electron chi connectivity index (χ4n) is 1.91. The van der Waals surface area contributed by atoms with Crippen LogP contribution in [0.5, 0.6) is 5.75 Å². The zero-order chi connectivity index (χ0) is 13.4. The summed E-state index contributed by atoms with van der Waals surface area (Å²) < 4.78 is 14.1. The fraction of sp³-hybridized carbons (Fsp3) is 0.455. The summed E-state index contributed by atoms with van der Waals surface area (Å²) in [4.78, 5) is 24.8. The van der Waals surface area contributed by atoms with Gasteiger partial charge in [-0.2, -0.15) is 0 Å². The van der Waals surface area contributed by atoms with Crippen molar-refractivity contribution in [1.82, 2.24) is 9.58 Å². The van der Waals surface area contributed by atoms with Crippen LogP contribution in [0.15, 0.2) is 17.1 Å². The summed E-state index contributed by atoms with van der Waals surface area (Å²) in [5.41, 5.74) is -0.755. The standard InChI is InChI=1S/C11H14FN3O3/c1-7(5-12)14-6-13(2)15-4-3-8(16)10(17)9(15)11(14)18/h3-4,7,17H,5-6H2,1-2H3. The van der Waals surface area contributed by atoms with E-state index in [0.29, 0.717) is 0 Å². The van der Waals surface area contributed by atoms with Crippen molar-refractivity contribution < 1.29 is 14.3 Å². The number of hydrogen-bond donors (Lipinski definition) is 1. The monoisotopic (exact) mass is 255 g/mol. The van der Waals surface area contributed by atoms with Crippen LogP contribution in [0.25, 0.3) is 0 Å². The Morgan fingerprint density at radius 1 is 1.50 bits per heavy atom. The molecule has 0 saturated carbocycles. The molecule has 0 radical (unpaired) electrons. The number of alkyl halides is 1. The fourth-order valence-corrected chi connectivity index (χ4v) is 1.91. The normalized spacial score (nSPS) is 16.7. The Hall–Kier alpha value is -2.05. The van der Waals surface area contributed by atoms with Crippen LogP contribution in [0, 0.1) is 0 Å². The van der Waals surface area contributed by atoms with Crippen molar-refractivity contribution in [3.8, 4) is 5.75 Å². The van der Waals surface area contributed by atoms with E-state index in [1.165, 1.54) is 21.8 Å². The zero-order valence-corrected chi connectivity index (χ0v) is 10.1. The first-order valence-electron chi connectivity index (χ1n) is 5.50. The quantitative estimate of drug-likeness (QED) is 0.801. The molecule has 7 heteroatoms. The molecule has 0 bridgehead atoms. The maximum atomic E-state index is 12.7. The molecule has 2 heterocycles. The molecular weight excluding hydrogens is 241 g/mol. The number of fused-ring (bicyclic) bond motifs is 1. The maximum absolute atomic E-state index is 12.7. The van der Waals surface area contributed by atoms with Crippen LogP contribution in [-0.2, 0) is 0 Å². The summed E-state index contributed by atoms with van der Waals surface area (Å²) in [6.45, 7) is 1.08. The molecule has 0 fully saturated rings. The molecule has 2 rings (SSSR count). The second-order valence-electron chi connectivity index (χ2n) is 4.30. The van der Waals surface area contributed by atoms with E-state index in [2.05, 4.69) is 0 Å². The van der Waals surface area contributed by atoms with E-state index in [1.54, 1.807) is 19.0 Å². The van der Waals surface area contributed by atoms with Gasteiger partial charge in [0.1, 0.15) is 13.3 Å². The Morgan fingerprint density at radius 3 is 2.78 bits per heavy atom. The summed E-state index contributed by atoms with van der Waals surface area (Å²) in [6.07, 6.45) is 1.41. The van der Waals surface area contributed by atoms with E-state index in [9.17, 15) is 19.1 Å². The molecule has 6 nitrogen and oxygen atoms in total. The van der Waals surface area contributed by atoms with Crippen molar-refractivity contribution in [2.75, 3.05) is 25.4 Å². The molecule has 1 atom stereocenters. The molecule has 1 amide bonds. The van der Waals surface area contributed by atoms with Crippen LogP contribution in [0.4, 0.5) is 4.39 Å². The first kappa shape index (κ1) is 12.4. The van der Waals surface area contributed by atoms with Gasteiger partial charge in [-0.15, -0.1) is 0 Å². The number of hydrogen-bond acceptors (Lipinski definition) is 4. The Morgan fingerprint density at radius 2 is 2.17 bits per heavy atom. The number of carbonyl (C=O) groups excluding carboxylic acids is 1. The van der Waals surface area contributed by atoms with Gasteiger partial charge in [0.15, 0.2) is 11.4 Å². The number of carbonyl (C=O) groups is 1. The van der Waals surface area contributed by atoms with E-state index in [1.807, 2.05) is 0 Å². The van der Waals surface area contributed by atoms with Crippen LogP contribution in [0.1, 0.15) is 17.4 Å². The first-order valence-corrected chi connectivity index (χ1v) is 5.50. The summed E-state index contributed by atoms with van der Waals surface area (Å²) >= 11 is 0. The average Bonchev–Trinajstić information content (AvgIpc) is 2.36. The molecule has 1 unspecified atom stereocenters. The Labute approximate surface area is 103 Å². The average molecular weight is 255 g/mol. The second-order valence-corrected chi connectivity index (χ2v) is 4.30. The molecule has 0 aliphatic carbocycles. The van der Waals surface area contributed by atoms with Gasteiger partial charge >= 0.3 is 0 Å². The minimum Gasteiger partial charge on any atom is -0.502 e. The number of halogens is 1. The molecule has 1 aromatic rings. The molecule has 0 spiro atoms. The highest BCUT2D eigenvalue weighted by atomic mass is 19.1. The van der Waals surface area contributed by atoms with Crippen molar-refractivity contribution in [1.29, 1.82) is 0 Å². The number of aromatic hydroxyl groups is 1. The number of rotatable bonds is 2. The lowest BCUT2D eigenvalue weighted by Gasteiger charge is -2.39. The molecule has 0 saturated heterocycles. The van der Waals surface area contributed by atoms with Crippen LogP contribution in [-0.4, -0.2) is 47.0 Å². The SMILES string of the molecule is CC(CF)N1CN(C)n2ccc(=O)c(O)c2C1=O. The van der Waals surface area contributed by atoms with Gasteiger partial charge in [-0.1, -0.05) is 0 Å². The van der Waals surface area contributed by atoms with Gasteiger partial charge in [-0.25, -0.2) is 4.39 Å². The van der Waals surface area contributed by atoms with Gasteiger partial charge in [-0.05, 0) is 6.92 Å². The van der Waals surface area contributed by atoms with Gasteiger partial charge in [0, 0.05) is 19.3 Å². The van der Waals surface area contributed by atoms with Crippen LogP contribution in [0.3, 0.4) is 0 Å². The number of amides is 1. The van der Waals surface area contributed by atoms with Gasteiger partial charge in [0.05, 0.1) is 6.04 Å². The van der Waals surface area contributed by atoms with Gasteiger partial charge in [0.25, 0.3) is 5.91 Å². The van der Waals surface area contributed by atoms with E-state index in [0.717, 1.165) is 0 Å². The summed E-state index contributed by atoms with van der Waals surface area (Å²) in [6, 6.07) is 0.569. The molecule has 1 N–H and O–H groups in total. The third-order valence-electron chi connectivity index (χ3n) is 3.00. The predicted octanol–water partition coefficient (Wildman–Crippen LogP) is -0.107. The third-order valence-corrected chi connectivity index (χ3v) is 3.00. The largest absolute Gasteiger partial charge is 0.502 e. The number of aromatic nitrogens is 1. The maximum Gasteiger partial charge on any atom is 0.278 e. The van der Waals surface area contributed by atoms with E-state index in [4.69, 9.17) is 0 Å². The molecule has 1 aromatic heterocycles. The molecular formula is C11H14FN3O3. The Kier molecular flexibility index (Phi) is 2.98. The van der Waals surface area contributed by atoms with Gasteiger partial charge < -0.3 is 10.0 Å². The zero-order valence-electron chi connectivity index (χ0n) is 10.1. The van der Waals surface area contributed by atoms with Gasteiger partial charge in [-0.3, -0.25) is 19.3 Å². The first-order chi connectivity index (χ1) is 8.47. The molecule has 98 valence electrons. The van der Waals surface area contributed by atoms with Gasteiger partial charge in [0.2, 0.25) is 5.43 Å². The van der Waals surface area contributed by atoms with Crippen molar-refractivity contribution >= 4 is 5.91 Å². The van der Waals surface area contributed by atoms with Crippen LogP contribution >= 0.6 is 0 Å². The lowest BCUT2D eigenvalue weighted by molar-refractivity contribution is 0.0594. The molecule has 18 heavy (non-hydrogen) atoms. The van der Waals surface area contributed by atoms with E-state index >= 15 is 0 Å². The van der Waals surface area contributed by atoms with Crippen molar-refractivity contribution in [3.05, 3.63) is 28.2 Å². The molecule has 0 aromatic carbocycles. The smallest absolute Gasteiger partial charge is 0.278 e. The van der Waals surface area contributed by atoms with E-state index < -0.39 is 29.8 Å². The third kappa shape index (κ3) is 1.71.